The van der Waals surface area contributed by atoms with Crippen molar-refractivity contribution in [2.45, 2.75) is 20.4 Å². The number of anilines is 1. The number of nitrogen functional groups attached to an aromatic ring is 1. The van der Waals surface area contributed by atoms with Crippen molar-refractivity contribution in [1.29, 1.82) is 0 Å². The van der Waals surface area contributed by atoms with Crippen LogP contribution in [0.4, 0.5) is 5.69 Å². The zero-order valence-corrected chi connectivity index (χ0v) is 12.6. The Morgan fingerprint density at radius 3 is 2.81 bits per heavy atom. The monoisotopic (exact) mass is 291 g/mol. The molecule has 114 valence electrons. The van der Waals surface area contributed by atoms with E-state index >= 15 is 0 Å². The Kier molecular flexibility index (Phi) is 5.10. The van der Waals surface area contributed by atoms with Crippen LogP contribution in [0.15, 0.2) is 18.2 Å². The van der Waals surface area contributed by atoms with Gasteiger partial charge in [0, 0.05) is 23.9 Å². The van der Waals surface area contributed by atoms with Crippen LogP contribution in [0.25, 0.3) is 11.4 Å². The van der Waals surface area contributed by atoms with Gasteiger partial charge in [-0.05, 0) is 28.5 Å². The summed E-state index contributed by atoms with van der Waals surface area (Å²) in [6.45, 7) is 6.11. The summed E-state index contributed by atoms with van der Waals surface area (Å²) in [5.41, 5.74) is 7.29. The molecular weight excluding hydrogens is 270 g/mol. The van der Waals surface area contributed by atoms with Crippen LogP contribution in [-0.2, 0) is 11.3 Å². The highest BCUT2D eigenvalue weighted by molar-refractivity contribution is 5.64. The van der Waals surface area contributed by atoms with Crippen LogP contribution in [0, 0.1) is 5.92 Å². The normalized spacial score (nSPS) is 11.0. The van der Waals surface area contributed by atoms with Crippen molar-refractivity contribution in [3.8, 4) is 17.1 Å². The second-order valence-electron chi connectivity index (χ2n) is 5.19. The van der Waals surface area contributed by atoms with Gasteiger partial charge in [0.05, 0.1) is 20.3 Å². The van der Waals surface area contributed by atoms with Crippen LogP contribution in [-0.4, -0.2) is 40.5 Å². The van der Waals surface area contributed by atoms with Crippen LogP contribution in [0.2, 0.25) is 0 Å². The molecule has 0 atom stereocenters. The first-order chi connectivity index (χ1) is 10.1. The van der Waals surface area contributed by atoms with Crippen molar-refractivity contribution in [2.75, 3.05) is 26.1 Å². The molecule has 2 aromatic rings. The Bertz CT molecular complexity index is 582. The molecule has 2 N–H and O–H groups in total. The SMILES string of the molecule is COc1cc(N)cc(-c2nnnn2CCOCC(C)C)c1. The lowest BCUT2D eigenvalue weighted by molar-refractivity contribution is 0.101. The van der Waals surface area contributed by atoms with E-state index in [9.17, 15) is 0 Å². The van der Waals surface area contributed by atoms with Crippen LogP contribution in [0.3, 0.4) is 0 Å². The minimum atomic E-state index is 0.511. The van der Waals surface area contributed by atoms with E-state index in [4.69, 9.17) is 15.2 Å². The molecule has 0 saturated heterocycles. The number of methoxy groups -OCH3 is 1. The van der Waals surface area contributed by atoms with Gasteiger partial charge in [-0.15, -0.1) is 5.10 Å². The third-order valence-electron chi connectivity index (χ3n) is 2.85. The van der Waals surface area contributed by atoms with Crippen LogP contribution in [0.1, 0.15) is 13.8 Å². The smallest absolute Gasteiger partial charge is 0.182 e. The number of nitrogens with two attached hydrogens (primary N) is 1. The zero-order chi connectivity index (χ0) is 15.2. The van der Waals surface area contributed by atoms with Gasteiger partial charge < -0.3 is 15.2 Å². The average molecular weight is 291 g/mol. The second kappa shape index (κ2) is 7.03. The second-order valence-corrected chi connectivity index (χ2v) is 5.19. The van der Waals surface area contributed by atoms with Gasteiger partial charge in [0.2, 0.25) is 0 Å². The average Bonchev–Trinajstić information content (AvgIpc) is 2.91. The molecule has 2 rings (SSSR count). The van der Waals surface area contributed by atoms with E-state index in [2.05, 4.69) is 29.4 Å². The molecule has 0 aliphatic carbocycles. The van der Waals surface area contributed by atoms with Gasteiger partial charge in [-0.25, -0.2) is 4.68 Å². The van der Waals surface area contributed by atoms with Crippen molar-refractivity contribution in [1.82, 2.24) is 20.2 Å². The van der Waals surface area contributed by atoms with E-state index in [0.29, 0.717) is 36.3 Å². The molecule has 1 aromatic carbocycles. The lowest BCUT2D eigenvalue weighted by Crippen LogP contribution is -2.11. The first-order valence-corrected chi connectivity index (χ1v) is 6.89. The third-order valence-corrected chi connectivity index (χ3v) is 2.85. The highest BCUT2D eigenvalue weighted by Gasteiger charge is 2.11. The van der Waals surface area contributed by atoms with E-state index in [1.54, 1.807) is 17.9 Å². The Hall–Kier alpha value is -2.15. The molecule has 0 fully saturated rings. The quantitative estimate of drug-likeness (QED) is 0.616. The predicted octanol–water partition coefficient (Wildman–Crippen LogP) is 1.60. The van der Waals surface area contributed by atoms with E-state index in [1.807, 2.05) is 12.1 Å². The highest BCUT2D eigenvalue weighted by atomic mass is 16.5. The van der Waals surface area contributed by atoms with Gasteiger partial charge in [0.25, 0.3) is 0 Å². The minimum Gasteiger partial charge on any atom is -0.497 e. The molecular formula is C14H21N5O2. The van der Waals surface area contributed by atoms with Crippen LogP contribution in [0.5, 0.6) is 5.75 Å². The van der Waals surface area contributed by atoms with Crippen molar-refractivity contribution in [2.24, 2.45) is 5.92 Å². The van der Waals surface area contributed by atoms with E-state index in [-0.39, 0.29) is 0 Å². The molecule has 7 nitrogen and oxygen atoms in total. The molecule has 1 heterocycles. The molecule has 0 bridgehead atoms. The van der Waals surface area contributed by atoms with Gasteiger partial charge in [-0.1, -0.05) is 13.8 Å². The molecule has 0 spiro atoms. The Morgan fingerprint density at radius 2 is 2.10 bits per heavy atom. The third kappa shape index (κ3) is 4.16. The van der Waals surface area contributed by atoms with Crippen LogP contribution < -0.4 is 10.5 Å². The molecule has 0 unspecified atom stereocenters. The summed E-state index contributed by atoms with van der Waals surface area (Å²) in [6.07, 6.45) is 0. The highest BCUT2D eigenvalue weighted by Crippen LogP contribution is 2.25. The fourth-order valence-electron chi connectivity index (χ4n) is 1.90. The number of aromatic nitrogens is 4. The van der Waals surface area contributed by atoms with E-state index < -0.39 is 0 Å². The molecule has 0 saturated carbocycles. The van der Waals surface area contributed by atoms with Gasteiger partial charge in [0.1, 0.15) is 5.75 Å². The topological polar surface area (TPSA) is 88.1 Å². The largest absolute Gasteiger partial charge is 0.497 e. The standard InChI is InChI=1S/C14H21N5O2/c1-10(2)9-21-5-4-19-14(16-17-18-19)11-6-12(15)8-13(7-11)20-3/h6-8,10H,4-5,9,15H2,1-3H3. The molecule has 21 heavy (non-hydrogen) atoms. The summed E-state index contributed by atoms with van der Waals surface area (Å²) in [4.78, 5) is 0. The lowest BCUT2D eigenvalue weighted by atomic mass is 10.2. The Morgan fingerprint density at radius 1 is 1.29 bits per heavy atom. The lowest BCUT2D eigenvalue weighted by Gasteiger charge is -2.09. The fraction of sp³-hybridized carbons (Fsp3) is 0.500. The van der Waals surface area contributed by atoms with Gasteiger partial charge in [-0.3, -0.25) is 0 Å². The molecule has 0 aliphatic heterocycles. The van der Waals surface area contributed by atoms with Crippen LogP contribution >= 0.6 is 0 Å². The van der Waals surface area contributed by atoms with Gasteiger partial charge >= 0.3 is 0 Å². The molecule has 0 radical (unpaired) electrons. The number of nitrogens with zero attached hydrogens (tertiary/aromatic N) is 4. The van der Waals surface area contributed by atoms with Crippen molar-refractivity contribution in [3.05, 3.63) is 18.2 Å². The molecule has 1 aromatic heterocycles. The number of ether oxygens (including phenoxy) is 2. The zero-order valence-electron chi connectivity index (χ0n) is 12.6. The number of benzene rings is 1. The minimum absolute atomic E-state index is 0.511. The predicted molar refractivity (Wildman–Crippen MR) is 79.9 cm³/mol. The van der Waals surface area contributed by atoms with E-state index in [1.165, 1.54) is 0 Å². The number of hydrogen-bond acceptors (Lipinski definition) is 6. The van der Waals surface area contributed by atoms with Crippen molar-refractivity contribution >= 4 is 5.69 Å². The maximum atomic E-state index is 5.86. The summed E-state index contributed by atoms with van der Waals surface area (Å²) in [6, 6.07) is 5.43. The van der Waals surface area contributed by atoms with Crippen molar-refractivity contribution < 1.29 is 9.47 Å². The summed E-state index contributed by atoms with van der Waals surface area (Å²) in [5.74, 6) is 1.83. The fourth-order valence-corrected chi connectivity index (χ4v) is 1.90. The number of tetrazole rings is 1. The maximum absolute atomic E-state index is 5.86. The summed E-state index contributed by atoms with van der Waals surface area (Å²) in [7, 11) is 1.60. The Balaban J connectivity index is 2.11. The first-order valence-electron chi connectivity index (χ1n) is 6.89. The molecule has 0 aliphatic rings. The summed E-state index contributed by atoms with van der Waals surface area (Å²) >= 11 is 0. The number of hydrogen-bond donors (Lipinski definition) is 1. The van der Waals surface area contributed by atoms with Gasteiger partial charge in [0.15, 0.2) is 5.82 Å². The van der Waals surface area contributed by atoms with Crippen molar-refractivity contribution in [3.63, 3.8) is 0 Å². The summed E-state index contributed by atoms with van der Waals surface area (Å²) in [5, 5.41) is 11.8. The van der Waals surface area contributed by atoms with Gasteiger partial charge in [-0.2, -0.15) is 0 Å². The first kappa shape index (κ1) is 15.2. The molecule has 0 amide bonds. The maximum Gasteiger partial charge on any atom is 0.182 e. The summed E-state index contributed by atoms with van der Waals surface area (Å²) < 4.78 is 12.5. The molecule has 7 heteroatoms. The number of rotatable bonds is 7. The van der Waals surface area contributed by atoms with E-state index in [0.717, 1.165) is 12.2 Å². The Labute approximate surface area is 124 Å².